The third-order valence-corrected chi connectivity index (χ3v) is 3.28. The first-order valence-corrected chi connectivity index (χ1v) is 7.26. The lowest BCUT2D eigenvalue weighted by molar-refractivity contribution is -0.120. The molecule has 0 saturated carbocycles. The molecule has 0 aliphatic carbocycles. The van der Waals surface area contributed by atoms with Crippen LogP contribution in [0.2, 0.25) is 5.02 Å². The lowest BCUT2D eigenvalue weighted by Gasteiger charge is -2.07. The predicted molar refractivity (Wildman–Crippen MR) is 86.8 cm³/mol. The van der Waals surface area contributed by atoms with Gasteiger partial charge in [0.05, 0.1) is 18.2 Å². The Hall–Kier alpha value is -2.84. The van der Waals surface area contributed by atoms with Gasteiger partial charge in [0.15, 0.2) is 0 Å². The Labute approximate surface area is 138 Å². The van der Waals surface area contributed by atoms with Gasteiger partial charge in [0.25, 0.3) is 5.91 Å². The van der Waals surface area contributed by atoms with Gasteiger partial charge < -0.3 is 10.6 Å². The van der Waals surface area contributed by atoms with E-state index in [9.17, 15) is 9.59 Å². The lowest BCUT2D eigenvalue weighted by Crippen LogP contribution is -2.36. The van der Waals surface area contributed by atoms with Crippen LogP contribution in [0.25, 0.3) is 0 Å². The zero-order chi connectivity index (χ0) is 16.7. The van der Waals surface area contributed by atoms with Gasteiger partial charge in [0, 0.05) is 17.1 Å². The fraction of sp³-hybridized carbons (Fsp3) is 0.118. The summed E-state index contributed by atoms with van der Waals surface area (Å²) in [4.78, 5) is 23.6. The fourth-order valence-corrected chi connectivity index (χ4v) is 2.10. The zero-order valence-corrected chi connectivity index (χ0v) is 12.9. The highest BCUT2D eigenvalue weighted by atomic mass is 35.5. The van der Waals surface area contributed by atoms with Gasteiger partial charge in [-0.15, -0.1) is 0 Å². The van der Waals surface area contributed by atoms with Crippen LogP contribution in [0.3, 0.4) is 0 Å². The molecular weight excluding hydrogens is 314 g/mol. The van der Waals surface area contributed by atoms with E-state index in [0.29, 0.717) is 22.7 Å². The molecule has 0 aliphatic rings. The molecule has 2 aromatic rings. The van der Waals surface area contributed by atoms with Gasteiger partial charge in [-0.2, -0.15) is 5.26 Å². The number of nitrogens with one attached hydrogen (secondary N) is 2. The van der Waals surface area contributed by atoms with E-state index in [2.05, 4.69) is 10.6 Å². The number of benzene rings is 2. The van der Waals surface area contributed by atoms with Crippen molar-refractivity contribution in [1.82, 2.24) is 10.6 Å². The highest BCUT2D eigenvalue weighted by Gasteiger charge is 2.08. The molecule has 2 amide bonds. The number of hydrogen-bond acceptors (Lipinski definition) is 3. The Bertz CT molecular complexity index is 768. The highest BCUT2D eigenvalue weighted by Crippen LogP contribution is 2.10. The third-order valence-electron chi connectivity index (χ3n) is 3.04. The van der Waals surface area contributed by atoms with Crippen molar-refractivity contribution in [1.29, 1.82) is 5.26 Å². The van der Waals surface area contributed by atoms with E-state index >= 15 is 0 Å². The third kappa shape index (κ3) is 5.13. The van der Waals surface area contributed by atoms with E-state index in [0.717, 1.165) is 5.56 Å². The van der Waals surface area contributed by atoms with Crippen molar-refractivity contribution in [3.05, 3.63) is 70.2 Å². The molecule has 0 fully saturated rings. The van der Waals surface area contributed by atoms with Crippen molar-refractivity contribution in [2.75, 3.05) is 6.54 Å². The molecule has 5 nitrogen and oxygen atoms in total. The van der Waals surface area contributed by atoms with Crippen LogP contribution < -0.4 is 10.6 Å². The second kappa shape index (κ2) is 7.97. The molecule has 116 valence electrons. The Balaban J connectivity index is 1.81. The molecule has 0 heterocycles. The van der Waals surface area contributed by atoms with Gasteiger partial charge in [-0.3, -0.25) is 9.59 Å². The van der Waals surface area contributed by atoms with Crippen LogP contribution in [0.15, 0.2) is 48.5 Å². The first-order chi connectivity index (χ1) is 11.1. The molecule has 0 aromatic heterocycles. The van der Waals surface area contributed by atoms with Crippen LogP contribution in [0.5, 0.6) is 0 Å². The Kier molecular flexibility index (Phi) is 5.73. The van der Waals surface area contributed by atoms with Crippen LogP contribution in [0.4, 0.5) is 0 Å². The molecule has 0 spiro atoms. The molecule has 2 N–H and O–H groups in total. The summed E-state index contributed by atoms with van der Waals surface area (Å²) in [5.41, 5.74) is 1.75. The van der Waals surface area contributed by atoms with Gasteiger partial charge in [0.1, 0.15) is 0 Å². The topological polar surface area (TPSA) is 82.0 Å². The monoisotopic (exact) mass is 327 g/mol. The summed E-state index contributed by atoms with van der Waals surface area (Å²) in [5.74, 6) is -0.683. The minimum Gasteiger partial charge on any atom is -0.350 e. The van der Waals surface area contributed by atoms with Crippen molar-refractivity contribution in [3.8, 4) is 6.07 Å². The van der Waals surface area contributed by atoms with Gasteiger partial charge in [0.2, 0.25) is 5.91 Å². The second-order valence-corrected chi connectivity index (χ2v) is 5.22. The van der Waals surface area contributed by atoms with Gasteiger partial charge in [-0.1, -0.05) is 29.8 Å². The van der Waals surface area contributed by atoms with Crippen LogP contribution in [0, 0.1) is 11.3 Å². The Morgan fingerprint density at radius 2 is 1.87 bits per heavy atom. The van der Waals surface area contributed by atoms with Crippen molar-refractivity contribution in [2.45, 2.75) is 6.54 Å². The Morgan fingerprint density at radius 3 is 2.61 bits per heavy atom. The smallest absolute Gasteiger partial charge is 0.251 e. The molecule has 0 atom stereocenters. The van der Waals surface area contributed by atoms with E-state index in [4.69, 9.17) is 16.9 Å². The molecule has 0 radical (unpaired) electrons. The van der Waals surface area contributed by atoms with Crippen LogP contribution >= 0.6 is 11.6 Å². The average molecular weight is 328 g/mol. The highest BCUT2D eigenvalue weighted by molar-refractivity contribution is 6.30. The van der Waals surface area contributed by atoms with Crippen LogP contribution in [0.1, 0.15) is 21.5 Å². The summed E-state index contributed by atoms with van der Waals surface area (Å²) < 4.78 is 0. The maximum atomic E-state index is 11.9. The number of nitrogens with zero attached hydrogens (tertiary/aromatic N) is 1. The van der Waals surface area contributed by atoms with Gasteiger partial charge in [-0.05, 0) is 35.9 Å². The zero-order valence-electron chi connectivity index (χ0n) is 12.2. The van der Waals surface area contributed by atoms with E-state index in [1.54, 1.807) is 36.4 Å². The first-order valence-electron chi connectivity index (χ1n) is 6.88. The molecule has 0 saturated heterocycles. The summed E-state index contributed by atoms with van der Waals surface area (Å²) >= 11 is 5.81. The molecule has 0 bridgehead atoms. The van der Waals surface area contributed by atoms with E-state index in [-0.39, 0.29) is 18.4 Å². The Morgan fingerprint density at radius 1 is 1.09 bits per heavy atom. The lowest BCUT2D eigenvalue weighted by atomic mass is 10.1. The van der Waals surface area contributed by atoms with Crippen molar-refractivity contribution >= 4 is 23.4 Å². The average Bonchev–Trinajstić information content (AvgIpc) is 2.58. The van der Waals surface area contributed by atoms with Gasteiger partial charge in [-0.25, -0.2) is 0 Å². The van der Waals surface area contributed by atoms with E-state index in [1.165, 1.54) is 6.07 Å². The number of carbonyl (C=O) groups excluding carboxylic acids is 2. The molecule has 23 heavy (non-hydrogen) atoms. The molecular formula is C17H14ClN3O2. The molecule has 6 heteroatoms. The predicted octanol–water partition coefficient (Wildman–Crippen LogP) is 2.26. The molecule has 0 aliphatic heterocycles. The minimum absolute atomic E-state index is 0.136. The van der Waals surface area contributed by atoms with Crippen molar-refractivity contribution < 1.29 is 9.59 Å². The second-order valence-electron chi connectivity index (χ2n) is 4.78. The fourth-order valence-electron chi connectivity index (χ4n) is 1.91. The van der Waals surface area contributed by atoms with Crippen LogP contribution in [-0.4, -0.2) is 18.4 Å². The number of halogens is 1. The molecule has 2 aromatic carbocycles. The van der Waals surface area contributed by atoms with Gasteiger partial charge >= 0.3 is 0 Å². The quantitative estimate of drug-likeness (QED) is 0.883. The van der Waals surface area contributed by atoms with E-state index in [1.807, 2.05) is 12.1 Å². The summed E-state index contributed by atoms with van der Waals surface area (Å²) in [6.45, 7) is 0.157. The largest absolute Gasteiger partial charge is 0.350 e. The number of nitriles is 1. The van der Waals surface area contributed by atoms with Crippen molar-refractivity contribution in [3.63, 3.8) is 0 Å². The standard InChI is InChI=1S/C17H14ClN3O2/c18-15-6-2-5-14(8-15)17(23)21-11-16(22)20-10-13-4-1-3-12(7-13)9-19/h1-8H,10-11H2,(H,20,22)(H,21,23). The first kappa shape index (κ1) is 16.5. The summed E-state index contributed by atoms with van der Waals surface area (Å²) in [7, 11) is 0. The number of hydrogen-bond donors (Lipinski definition) is 2. The maximum Gasteiger partial charge on any atom is 0.251 e. The normalized spacial score (nSPS) is 9.74. The maximum absolute atomic E-state index is 11.9. The number of carbonyl (C=O) groups is 2. The molecule has 2 rings (SSSR count). The number of rotatable bonds is 5. The summed E-state index contributed by atoms with van der Waals surface area (Å²) in [5, 5.41) is 14.5. The number of amides is 2. The van der Waals surface area contributed by atoms with E-state index < -0.39 is 0 Å². The van der Waals surface area contributed by atoms with Crippen molar-refractivity contribution in [2.24, 2.45) is 0 Å². The summed E-state index contributed by atoms with van der Waals surface area (Å²) in [6.07, 6.45) is 0. The van der Waals surface area contributed by atoms with Crippen LogP contribution in [-0.2, 0) is 11.3 Å². The SMILES string of the molecule is N#Cc1cccc(CNC(=O)CNC(=O)c2cccc(Cl)c2)c1. The minimum atomic E-state index is -0.367. The summed E-state index contributed by atoms with van der Waals surface area (Å²) in [6, 6.07) is 15.5. The molecule has 0 unspecified atom stereocenters.